The minimum absolute atomic E-state index is 0.0865. The van der Waals surface area contributed by atoms with Crippen LogP contribution >= 0.6 is 0 Å². The topological polar surface area (TPSA) is 46.3 Å². The van der Waals surface area contributed by atoms with Gasteiger partial charge in [0.15, 0.2) is 0 Å². The highest BCUT2D eigenvalue weighted by Crippen LogP contribution is 2.08. The van der Waals surface area contributed by atoms with E-state index in [-0.39, 0.29) is 11.5 Å². The smallest absolute Gasteiger partial charge is 0.256 e. The van der Waals surface area contributed by atoms with Crippen LogP contribution in [0.3, 0.4) is 0 Å². The van der Waals surface area contributed by atoms with Crippen molar-refractivity contribution in [2.45, 2.75) is 0 Å². The molecule has 4 heteroatoms. The molecule has 0 aliphatic carbocycles. The molecule has 0 atom stereocenters. The van der Waals surface area contributed by atoms with Crippen molar-refractivity contribution in [3.63, 3.8) is 0 Å². The van der Waals surface area contributed by atoms with Gasteiger partial charge in [0.2, 0.25) is 0 Å². The molecular formula is C10H13FN2O. The number of nitrogens with zero attached hydrogens (tertiary/aromatic N) is 1. The molecule has 3 nitrogen and oxygen atoms in total. The number of likely N-dealkylation sites (N-methyl/N-ethyl adjacent to an activating group) is 1. The van der Waals surface area contributed by atoms with Crippen LogP contribution in [0.5, 0.6) is 0 Å². The molecule has 0 bridgehead atoms. The van der Waals surface area contributed by atoms with Crippen molar-refractivity contribution in [2.24, 2.45) is 5.73 Å². The molecule has 0 heterocycles. The highest BCUT2D eigenvalue weighted by atomic mass is 19.1. The van der Waals surface area contributed by atoms with Crippen LogP contribution in [0.15, 0.2) is 24.3 Å². The lowest BCUT2D eigenvalue weighted by Crippen LogP contribution is -2.32. The van der Waals surface area contributed by atoms with Gasteiger partial charge in [-0.3, -0.25) is 4.79 Å². The van der Waals surface area contributed by atoms with E-state index in [0.717, 1.165) is 0 Å². The summed E-state index contributed by atoms with van der Waals surface area (Å²) >= 11 is 0. The Labute approximate surface area is 82.3 Å². The summed E-state index contributed by atoms with van der Waals surface area (Å²) in [6, 6.07) is 5.91. The molecule has 1 aromatic carbocycles. The van der Waals surface area contributed by atoms with Crippen molar-refractivity contribution >= 4 is 5.91 Å². The van der Waals surface area contributed by atoms with Crippen molar-refractivity contribution in [1.82, 2.24) is 4.90 Å². The van der Waals surface area contributed by atoms with Gasteiger partial charge in [-0.2, -0.15) is 0 Å². The van der Waals surface area contributed by atoms with Crippen LogP contribution in [-0.2, 0) is 0 Å². The highest BCUT2D eigenvalue weighted by Gasteiger charge is 2.14. The fourth-order valence-electron chi connectivity index (χ4n) is 1.14. The second-order valence-electron chi connectivity index (χ2n) is 3.00. The first-order valence-corrected chi connectivity index (χ1v) is 4.37. The lowest BCUT2D eigenvalue weighted by Gasteiger charge is -2.15. The molecule has 76 valence electrons. The van der Waals surface area contributed by atoms with Crippen LogP contribution in [0.4, 0.5) is 4.39 Å². The maximum absolute atomic E-state index is 13.2. The number of hydrogen-bond acceptors (Lipinski definition) is 2. The number of carbonyl (C=O) groups is 1. The van der Waals surface area contributed by atoms with Gasteiger partial charge in [-0.1, -0.05) is 12.1 Å². The lowest BCUT2D eigenvalue weighted by atomic mass is 10.2. The van der Waals surface area contributed by atoms with Gasteiger partial charge < -0.3 is 10.6 Å². The Morgan fingerprint density at radius 1 is 1.50 bits per heavy atom. The average molecular weight is 196 g/mol. The third-order valence-corrected chi connectivity index (χ3v) is 1.92. The molecule has 1 rings (SSSR count). The molecule has 1 aromatic rings. The minimum Gasteiger partial charge on any atom is -0.340 e. The van der Waals surface area contributed by atoms with Gasteiger partial charge in [0.1, 0.15) is 5.82 Å². The van der Waals surface area contributed by atoms with E-state index in [1.807, 2.05) is 0 Å². The van der Waals surface area contributed by atoms with Crippen LogP contribution < -0.4 is 5.73 Å². The van der Waals surface area contributed by atoms with Crippen molar-refractivity contribution < 1.29 is 9.18 Å². The van der Waals surface area contributed by atoms with E-state index in [0.29, 0.717) is 13.1 Å². The maximum Gasteiger partial charge on any atom is 0.256 e. The predicted molar refractivity (Wildman–Crippen MR) is 52.4 cm³/mol. The van der Waals surface area contributed by atoms with E-state index in [2.05, 4.69) is 0 Å². The molecule has 0 fully saturated rings. The summed E-state index contributed by atoms with van der Waals surface area (Å²) < 4.78 is 13.2. The van der Waals surface area contributed by atoms with Crippen LogP contribution in [-0.4, -0.2) is 30.9 Å². The standard InChI is InChI=1S/C10H13FN2O/c1-13(7-6-12)10(14)8-4-2-3-5-9(8)11/h2-5H,6-7,12H2,1H3. The molecule has 0 radical (unpaired) electrons. The molecule has 0 aliphatic rings. The van der Waals surface area contributed by atoms with E-state index in [1.165, 1.54) is 17.0 Å². The van der Waals surface area contributed by atoms with Gasteiger partial charge in [0.25, 0.3) is 5.91 Å². The number of carbonyl (C=O) groups excluding carboxylic acids is 1. The summed E-state index contributed by atoms with van der Waals surface area (Å²) in [5, 5.41) is 0. The monoisotopic (exact) mass is 196 g/mol. The average Bonchev–Trinajstić information content (AvgIpc) is 2.18. The van der Waals surface area contributed by atoms with E-state index in [9.17, 15) is 9.18 Å². The van der Waals surface area contributed by atoms with Crippen molar-refractivity contribution in [1.29, 1.82) is 0 Å². The Hall–Kier alpha value is -1.42. The molecular weight excluding hydrogens is 183 g/mol. The summed E-state index contributed by atoms with van der Waals surface area (Å²) in [4.78, 5) is 13.0. The van der Waals surface area contributed by atoms with Gasteiger partial charge in [-0.05, 0) is 12.1 Å². The lowest BCUT2D eigenvalue weighted by molar-refractivity contribution is 0.0794. The third-order valence-electron chi connectivity index (χ3n) is 1.92. The zero-order valence-corrected chi connectivity index (χ0v) is 8.03. The molecule has 0 saturated heterocycles. The zero-order valence-electron chi connectivity index (χ0n) is 8.03. The Morgan fingerprint density at radius 3 is 2.71 bits per heavy atom. The quantitative estimate of drug-likeness (QED) is 0.779. The fourth-order valence-corrected chi connectivity index (χ4v) is 1.14. The second kappa shape index (κ2) is 4.72. The molecule has 0 spiro atoms. The van der Waals surface area contributed by atoms with Gasteiger partial charge in [-0.15, -0.1) is 0 Å². The molecule has 0 unspecified atom stereocenters. The molecule has 0 aromatic heterocycles. The number of halogens is 1. The Morgan fingerprint density at radius 2 is 2.14 bits per heavy atom. The molecule has 2 N–H and O–H groups in total. The maximum atomic E-state index is 13.2. The summed E-state index contributed by atoms with van der Waals surface area (Å²) in [6.07, 6.45) is 0. The Kier molecular flexibility index (Phi) is 3.59. The van der Waals surface area contributed by atoms with E-state index >= 15 is 0 Å². The van der Waals surface area contributed by atoms with E-state index < -0.39 is 5.82 Å². The van der Waals surface area contributed by atoms with Gasteiger partial charge in [-0.25, -0.2) is 4.39 Å². The second-order valence-corrected chi connectivity index (χ2v) is 3.00. The molecule has 1 amide bonds. The number of nitrogens with two attached hydrogens (primary N) is 1. The number of benzene rings is 1. The Balaban J connectivity index is 2.84. The number of rotatable bonds is 3. The highest BCUT2D eigenvalue weighted by molar-refractivity contribution is 5.94. The van der Waals surface area contributed by atoms with Crippen LogP contribution in [0.25, 0.3) is 0 Å². The van der Waals surface area contributed by atoms with Gasteiger partial charge >= 0.3 is 0 Å². The van der Waals surface area contributed by atoms with Gasteiger partial charge in [0, 0.05) is 20.1 Å². The fraction of sp³-hybridized carbons (Fsp3) is 0.300. The van der Waals surface area contributed by atoms with E-state index in [1.54, 1.807) is 19.2 Å². The predicted octanol–water partition coefficient (Wildman–Crippen LogP) is 0.856. The summed E-state index contributed by atoms with van der Waals surface area (Å²) in [6.45, 7) is 0.795. The number of amides is 1. The summed E-state index contributed by atoms with van der Waals surface area (Å²) in [7, 11) is 1.60. The first-order chi connectivity index (χ1) is 6.66. The first kappa shape index (κ1) is 10.7. The van der Waals surface area contributed by atoms with Gasteiger partial charge in [0.05, 0.1) is 5.56 Å². The summed E-state index contributed by atoms with van der Waals surface area (Å²) in [5.41, 5.74) is 5.38. The minimum atomic E-state index is -0.499. The van der Waals surface area contributed by atoms with Crippen molar-refractivity contribution in [2.75, 3.05) is 20.1 Å². The van der Waals surface area contributed by atoms with Crippen molar-refractivity contribution in [3.05, 3.63) is 35.6 Å². The SMILES string of the molecule is CN(CCN)C(=O)c1ccccc1F. The summed E-state index contributed by atoms with van der Waals surface area (Å²) in [5.74, 6) is -0.838. The molecule has 14 heavy (non-hydrogen) atoms. The van der Waals surface area contributed by atoms with Crippen LogP contribution in [0, 0.1) is 5.82 Å². The normalized spacial score (nSPS) is 9.93. The molecule has 0 saturated carbocycles. The van der Waals surface area contributed by atoms with E-state index in [4.69, 9.17) is 5.73 Å². The largest absolute Gasteiger partial charge is 0.340 e. The van der Waals surface area contributed by atoms with Crippen molar-refractivity contribution in [3.8, 4) is 0 Å². The third kappa shape index (κ3) is 2.29. The Bertz CT molecular complexity index is 328. The zero-order chi connectivity index (χ0) is 10.6. The molecule has 0 aliphatic heterocycles. The first-order valence-electron chi connectivity index (χ1n) is 4.37. The van der Waals surface area contributed by atoms with Crippen LogP contribution in [0.2, 0.25) is 0 Å². The van der Waals surface area contributed by atoms with Crippen LogP contribution in [0.1, 0.15) is 10.4 Å². The number of hydrogen-bond donors (Lipinski definition) is 1.